The van der Waals surface area contributed by atoms with Crippen LogP contribution in [0.3, 0.4) is 0 Å². The molecule has 2 N–H and O–H groups in total. The van der Waals surface area contributed by atoms with E-state index >= 15 is 0 Å². The van der Waals surface area contributed by atoms with E-state index in [1.54, 1.807) is 20.0 Å². The predicted octanol–water partition coefficient (Wildman–Crippen LogP) is 0.0352. The van der Waals surface area contributed by atoms with E-state index in [4.69, 9.17) is 9.84 Å². The molecule has 0 spiro atoms. The summed E-state index contributed by atoms with van der Waals surface area (Å²) in [4.78, 5) is 11.0. The zero-order valence-electron chi connectivity index (χ0n) is 7.46. The zero-order valence-corrected chi connectivity index (χ0v) is 7.46. The van der Waals surface area contributed by atoms with Gasteiger partial charge in [0.05, 0.1) is 6.61 Å². The summed E-state index contributed by atoms with van der Waals surface area (Å²) in [6.07, 6.45) is 2.06. The molecule has 12 heavy (non-hydrogen) atoms. The van der Waals surface area contributed by atoms with E-state index in [1.807, 2.05) is 0 Å². The minimum Gasteiger partial charge on any atom is -0.461 e. The van der Waals surface area contributed by atoms with Crippen LogP contribution in [0.1, 0.15) is 13.3 Å². The summed E-state index contributed by atoms with van der Waals surface area (Å²) >= 11 is 0. The van der Waals surface area contributed by atoms with E-state index in [0.717, 1.165) is 0 Å². The van der Waals surface area contributed by atoms with Gasteiger partial charge in [0.1, 0.15) is 5.70 Å². The highest BCUT2D eigenvalue weighted by Crippen LogP contribution is 1.94. The third-order valence-electron chi connectivity index (χ3n) is 1.24. The molecule has 0 amide bonds. The molecule has 0 aliphatic heterocycles. The quantitative estimate of drug-likeness (QED) is 0.455. The molecule has 0 aliphatic rings. The molecule has 4 nitrogen and oxygen atoms in total. The lowest BCUT2D eigenvalue weighted by Gasteiger charge is -2.04. The Labute approximate surface area is 72.2 Å². The van der Waals surface area contributed by atoms with Gasteiger partial charge in [-0.1, -0.05) is 6.08 Å². The summed E-state index contributed by atoms with van der Waals surface area (Å²) in [5, 5.41) is 11.2. The lowest BCUT2D eigenvalue weighted by atomic mass is 10.3. The molecule has 0 aromatic carbocycles. The second-order valence-corrected chi connectivity index (χ2v) is 2.10. The van der Waals surface area contributed by atoms with Crippen LogP contribution in [0.5, 0.6) is 0 Å². The second-order valence-electron chi connectivity index (χ2n) is 2.10. The van der Waals surface area contributed by atoms with Gasteiger partial charge < -0.3 is 15.2 Å². The summed E-state index contributed by atoms with van der Waals surface area (Å²) in [6.45, 7) is 2.14. The number of aliphatic hydroxyl groups is 1. The molecule has 0 bridgehead atoms. The summed E-state index contributed by atoms with van der Waals surface area (Å²) < 4.78 is 4.74. The minimum atomic E-state index is -0.381. The predicted molar refractivity (Wildman–Crippen MR) is 45.5 cm³/mol. The van der Waals surface area contributed by atoms with Crippen LogP contribution in [0, 0.1) is 0 Å². The van der Waals surface area contributed by atoms with Crippen molar-refractivity contribution in [1.82, 2.24) is 5.32 Å². The van der Waals surface area contributed by atoms with Gasteiger partial charge in [0.25, 0.3) is 0 Å². The molecule has 0 aromatic heterocycles. The molecule has 0 aliphatic carbocycles. The number of hydrogen-bond donors (Lipinski definition) is 2. The Morgan fingerprint density at radius 3 is 2.75 bits per heavy atom. The number of esters is 1. The average Bonchev–Trinajstić information content (AvgIpc) is 2.06. The van der Waals surface area contributed by atoms with E-state index in [0.29, 0.717) is 18.7 Å². The van der Waals surface area contributed by atoms with Gasteiger partial charge in [0, 0.05) is 13.7 Å². The molecule has 0 aromatic rings. The standard InChI is InChI=1S/C8H15NO3/c1-3-12-8(11)7(9-2)5-4-6-10/h5,9-10H,3-4,6H2,1-2H3. The van der Waals surface area contributed by atoms with Crippen molar-refractivity contribution >= 4 is 5.97 Å². The monoisotopic (exact) mass is 173 g/mol. The van der Waals surface area contributed by atoms with Crippen LogP contribution in [0.25, 0.3) is 0 Å². The SMILES string of the molecule is CCOC(=O)C(=CCCO)NC. The number of likely N-dealkylation sites (N-methyl/N-ethyl adjacent to an activating group) is 1. The maximum absolute atomic E-state index is 11.0. The maximum Gasteiger partial charge on any atom is 0.354 e. The molecular weight excluding hydrogens is 158 g/mol. The van der Waals surface area contributed by atoms with Gasteiger partial charge >= 0.3 is 5.97 Å². The van der Waals surface area contributed by atoms with Crippen molar-refractivity contribution in [2.45, 2.75) is 13.3 Å². The Kier molecular flexibility index (Phi) is 6.09. The number of hydrogen-bond acceptors (Lipinski definition) is 4. The molecule has 70 valence electrons. The van der Waals surface area contributed by atoms with Crippen molar-refractivity contribution in [2.75, 3.05) is 20.3 Å². The first-order valence-corrected chi connectivity index (χ1v) is 3.92. The summed E-state index contributed by atoms with van der Waals surface area (Å²) in [5.41, 5.74) is 0.394. The van der Waals surface area contributed by atoms with E-state index in [-0.39, 0.29) is 12.6 Å². The highest BCUT2D eigenvalue weighted by molar-refractivity contribution is 5.87. The van der Waals surface area contributed by atoms with Crippen molar-refractivity contribution in [3.05, 3.63) is 11.8 Å². The van der Waals surface area contributed by atoms with E-state index in [1.165, 1.54) is 0 Å². The second kappa shape index (κ2) is 6.67. The van der Waals surface area contributed by atoms with Gasteiger partial charge in [-0.05, 0) is 13.3 Å². The third-order valence-corrected chi connectivity index (χ3v) is 1.24. The third kappa shape index (κ3) is 3.98. The van der Waals surface area contributed by atoms with Gasteiger partial charge in [-0.3, -0.25) is 0 Å². The van der Waals surface area contributed by atoms with Crippen molar-refractivity contribution in [3.63, 3.8) is 0 Å². The van der Waals surface area contributed by atoms with Gasteiger partial charge in [-0.2, -0.15) is 0 Å². The highest BCUT2D eigenvalue weighted by Gasteiger charge is 2.06. The van der Waals surface area contributed by atoms with Crippen LogP contribution < -0.4 is 5.32 Å². The number of aliphatic hydroxyl groups excluding tert-OH is 1. The summed E-state index contributed by atoms with van der Waals surface area (Å²) in [7, 11) is 1.64. The number of ether oxygens (including phenoxy) is 1. The largest absolute Gasteiger partial charge is 0.461 e. The van der Waals surface area contributed by atoms with Crippen molar-refractivity contribution in [1.29, 1.82) is 0 Å². The molecule has 0 unspecified atom stereocenters. The first kappa shape index (κ1) is 11.0. The average molecular weight is 173 g/mol. The number of carbonyl (C=O) groups is 1. The molecule has 0 heterocycles. The molecule has 0 radical (unpaired) electrons. The van der Waals surface area contributed by atoms with E-state index < -0.39 is 0 Å². The first-order chi connectivity index (χ1) is 5.76. The fraction of sp³-hybridized carbons (Fsp3) is 0.625. The zero-order chi connectivity index (χ0) is 9.40. The normalized spacial score (nSPS) is 11.1. The molecule has 0 atom stereocenters. The van der Waals surface area contributed by atoms with Crippen molar-refractivity contribution < 1.29 is 14.6 Å². The van der Waals surface area contributed by atoms with Crippen molar-refractivity contribution in [3.8, 4) is 0 Å². The first-order valence-electron chi connectivity index (χ1n) is 3.92. The smallest absolute Gasteiger partial charge is 0.354 e. The fourth-order valence-electron chi connectivity index (χ4n) is 0.705. The van der Waals surface area contributed by atoms with E-state index in [9.17, 15) is 4.79 Å². The fourth-order valence-corrected chi connectivity index (χ4v) is 0.705. The topological polar surface area (TPSA) is 58.6 Å². The Bertz CT molecular complexity index is 166. The maximum atomic E-state index is 11.0. The number of rotatable bonds is 5. The van der Waals surface area contributed by atoms with Crippen LogP contribution in [-0.4, -0.2) is 31.3 Å². The minimum absolute atomic E-state index is 0.0323. The Hall–Kier alpha value is -1.03. The van der Waals surface area contributed by atoms with Crippen LogP contribution >= 0.6 is 0 Å². The van der Waals surface area contributed by atoms with Gasteiger partial charge in [0.15, 0.2) is 0 Å². The van der Waals surface area contributed by atoms with Crippen LogP contribution in [0.4, 0.5) is 0 Å². The number of nitrogens with one attached hydrogen (secondary N) is 1. The Balaban J connectivity index is 4.04. The molecule has 0 fully saturated rings. The van der Waals surface area contributed by atoms with Crippen LogP contribution in [0.2, 0.25) is 0 Å². The summed E-state index contributed by atoms with van der Waals surface area (Å²) in [5.74, 6) is -0.381. The molecule has 0 rings (SSSR count). The molecular formula is C8H15NO3. The summed E-state index contributed by atoms with van der Waals surface area (Å²) in [6, 6.07) is 0. The van der Waals surface area contributed by atoms with Crippen LogP contribution in [0.15, 0.2) is 11.8 Å². The molecule has 0 saturated carbocycles. The highest BCUT2D eigenvalue weighted by atomic mass is 16.5. The Morgan fingerprint density at radius 2 is 2.33 bits per heavy atom. The number of carbonyl (C=O) groups excluding carboxylic acids is 1. The molecule has 0 saturated heterocycles. The van der Waals surface area contributed by atoms with Gasteiger partial charge in [-0.25, -0.2) is 4.79 Å². The Morgan fingerprint density at radius 1 is 1.67 bits per heavy atom. The van der Waals surface area contributed by atoms with E-state index in [2.05, 4.69) is 5.32 Å². The lowest BCUT2D eigenvalue weighted by Crippen LogP contribution is -2.18. The lowest BCUT2D eigenvalue weighted by molar-refractivity contribution is -0.138. The van der Waals surface area contributed by atoms with Crippen LogP contribution in [-0.2, 0) is 9.53 Å². The van der Waals surface area contributed by atoms with Crippen molar-refractivity contribution in [2.24, 2.45) is 0 Å². The van der Waals surface area contributed by atoms with Gasteiger partial charge in [-0.15, -0.1) is 0 Å². The molecule has 4 heteroatoms. The van der Waals surface area contributed by atoms with Gasteiger partial charge in [0.2, 0.25) is 0 Å².